The Morgan fingerprint density at radius 1 is 0.974 bits per heavy atom. The fourth-order valence-electron chi connectivity index (χ4n) is 5.30. The van der Waals surface area contributed by atoms with Crippen LogP contribution in [0.2, 0.25) is 19.6 Å². The Kier molecular flexibility index (Phi) is 7.99. The van der Waals surface area contributed by atoms with Crippen molar-refractivity contribution in [2.24, 2.45) is 0 Å². The molecule has 196 valence electrons. The first-order valence-corrected chi connectivity index (χ1v) is 17.9. The van der Waals surface area contributed by atoms with Crippen molar-refractivity contribution in [3.05, 3.63) is 92.1 Å². The van der Waals surface area contributed by atoms with Crippen molar-refractivity contribution >= 4 is 36.8 Å². The van der Waals surface area contributed by atoms with Gasteiger partial charge in [0.05, 0.1) is 0 Å². The van der Waals surface area contributed by atoms with Gasteiger partial charge in [-0.1, -0.05) is 74.1 Å². The molecule has 0 saturated carbocycles. The lowest BCUT2D eigenvalue weighted by Gasteiger charge is -2.34. The van der Waals surface area contributed by atoms with Crippen LogP contribution < -0.4 is 0 Å². The topological polar surface area (TPSA) is 32.8 Å². The standard InChI is InChI=1S/C32H35IN2O2Si/c1-23-24(13-18-38(2,3)4)19-26(33)20-25(23)21-34-14-16-35(17-15-34)32(36)37-22-31-29-11-7-5-9-27(29)28-10-6-8-12-30(28)31/h5-12,19-20,31H,14-17,21-22H2,1-4H3. The summed E-state index contributed by atoms with van der Waals surface area (Å²) in [5.74, 6) is 3.55. The maximum atomic E-state index is 13.0. The van der Waals surface area contributed by atoms with E-state index in [2.05, 4.69) is 126 Å². The van der Waals surface area contributed by atoms with Crippen LogP contribution in [-0.4, -0.2) is 56.8 Å². The summed E-state index contributed by atoms with van der Waals surface area (Å²) in [6.07, 6.45) is -0.208. The average molecular weight is 635 g/mol. The predicted octanol–water partition coefficient (Wildman–Crippen LogP) is 6.90. The molecule has 2 aliphatic rings. The van der Waals surface area contributed by atoms with Gasteiger partial charge in [-0.05, 0) is 75.0 Å². The number of benzene rings is 3. The molecule has 0 N–H and O–H groups in total. The van der Waals surface area contributed by atoms with Crippen LogP contribution in [0, 0.1) is 22.0 Å². The number of ether oxygens (including phenoxy) is 1. The van der Waals surface area contributed by atoms with E-state index in [-0.39, 0.29) is 12.0 Å². The van der Waals surface area contributed by atoms with Crippen LogP contribution >= 0.6 is 22.6 Å². The van der Waals surface area contributed by atoms with Crippen molar-refractivity contribution in [1.29, 1.82) is 0 Å². The number of carbonyl (C=O) groups excluding carboxylic acids is 1. The second-order valence-corrected chi connectivity index (χ2v) is 17.3. The summed E-state index contributed by atoms with van der Waals surface area (Å²) < 4.78 is 7.12. The third-order valence-corrected chi connectivity index (χ3v) is 8.91. The van der Waals surface area contributed by atoms with Crippen LogP contribution in [0.1, 0.15) is 33.7 Å². The van der Waals surface area contributed by atoms with E-state index >= 15 is 0 Å². The Bertz CT molecular complexity index is 1370. The van der Waals surface area contributed by atoms with Crippen LogP contribution in [0.4, 0.5) is 4.79 Å². The Hall–Kier alpha value is -2.60. The van der Waals surface area contributed by atoms with E-state index in [9.17, 15) is 4.79 Å². The minimum Gasteiger partial charge on any atom is -0.448 e. The van der Waals surface area contributed by atoms with Crippen LogP contribution in [-0.2, 0) is 11.3 Å². The molecule has 1 aliphatic heterocycles. The summed E-state index contributed by atoms with van der Waals surface area (Å²) in [6.45, 7) is 13.3. The summed E-state index contributed by atoms with van der Waals surface area (Å²) in [5.41, 5.74) is 12.2. The highest BCUT2D eigenvalue weighted by atomic mass is 127. The normalized spacial score (nSPS) is 15.4. The molecule has 1 amide bonds. The molecule has 0 aromatic heterocycles. The van der Waals surface area contributed by atoms with E-state index in [4.69, 9.17) is 4.74 Å². The second-order valence-electron chi connectivity index (χ2n) is 11.3. The molecule has 5 rings (SSSR count). The van der Waals surface area contributed by atoms with E-state index in [0.717, 1.165) is 25.2 Å². The minimum atomic E-state index is -1.43. The smallest absolute Gasteiger partial charge is 0.409 e. The van der Waals surface area contributed by atoms with Crippen molar-refractivity contribution < 1.29 is 9.53 Å². The molecule has 0 atom stereocenters. The second kappa shape index (κ2) is 11.2. The zero-order chi connectivity index (χ0) is 26.9. The van der Waals surface area contributed by atoms with Crippen molar-refractivity contribution in [3.8, 4) is 22.6 Å². The molecule has 3 aromatic carbocycles. The van der Waals surface area contributed by atoms with Gasteiger partial charge in [0.15, 0.2) is 0 Å². The van der Waals surface area contributed by atoms with Crippen molar-refractivity contribution in [2.75, 3.05) is 32.8 Å². The van der Waals surface area contributed by atoms with Gasteiger partial charge in [-0.25, -0.2) is 4.79 Å². The van der Waals surface area contributed by atoms with Gasteiger partial charge in [0.1, 0.15) is 14.7 Å². The first-order valence-electron chi connectivity index (χ1n) is 13.3. The number of amides is 1. The Balaban J connectivity index is 1.18. The molecule has 0 bridgehead atoms. The quantitative estimate of drug-likeness (QED) is 0.178. The molecule has 1 saturated heterocycles. The molecule has 0 unspecified atom stereocenters. The van der Waals surface area contributed by atoms with Gasteiger partial charge >= 0.3 is 6.09 Å². The van der Waals surface area contributed by atoms with Gasteiger partial charge in [-0.2, -0.15) is 0 Å². The number of piperazine rings is 1. The van der Waals surface area contributed by atoms with E-state index < -0.39 is 8.07 Å². The molecule has 3 aromatic rings. The molecule has 6 heteroatoms. The van der Waals surface area contributed by atoms with Crippen molar-refractivity contribution in [2.45, 2.75) is 39.0 Å². The third kappa shape index (κ3) is 6.01. The summed E-state index contributed by atoms with van der Waals surface area (Å²) in [5, 5.41) is 0. The predicted molar refractivity (Wildman–Crippen MR) is 166 cm³/mol. The number of halogens is 1. The zero-order valence-corrected chi connectivity index (χ0v) is 25.8. The molecule has 1 aliphatic carbocycles. The highest BCUT2D eigenvalue weighted by molar-refractivity contribution is 14.1. The molecular weight excluding hydrogens is 599 g/mol. The number of fused-ring (bicyclic) bond motifs is 3. The summed E-state index contributed by atoms with van der Waals surface area (Å²) in [4.78, 5) is 17.3. The number of hydrogen-bond acceptors (Lipinski definition) is 3. The molecule has 38 heavy (non-hydrogen) atoms. The van der Waals surface area contributed by atoms with E-state index in [1.54, 1.807) is 0 Å². The number of nitrogens with zero attached hydrogens (tertiary/aromatic N) is 2. The first-order chi connectivity index (χ1) is 18.2. The third-order valence-electron chi connectivity index (χ3n) is 7.41. The highest BCUT2D eigenvalue weighted by Gasteiger charge is 2.30. The van der Waals surface area contributed by atoms with Crippen LogP contribution in [0.3, 0.4) is 0 Å². The van der Waals surface area contributed by atoms with Gasteiger partial charge in [0.25, 0.3) is 0 Å². The van der Waals surface area contributed by atoms with Crippen molar-refractivity contribution in [3.63, 3.8) is 0 Å². The fraction of sp³-hybridized carbons (Fsp3) is 0.344. The van der Waals surface area contributed by atoms with E-state index in [0.29, 0.717) is 19.7 Å². The molecule has 0 radical (unpaired) electrons. The highest BCUT2D eigenvalue weighted by Crippen LogP contribution is 2.44. The number of rotatable bonds is 4. The van der Waals surface area contributed by atoms with Crippen LogP contribution in [0.15, 0.2) is 60.7 Å². The Morgan fingerprint density at radius 3 is 2.18 bits per heavy atom. The SMILES string of the molecule is Cc1c(C#C[Si](C)(C)C)cc(I)cc1CN1CCN(C(=O)OCC2c3ccccc3-c3ccccc32)CC1. The zero-order valence-electron chi connectivity index (χ0n) is 22.7. The lowest BCUT2D eigenvalue weighted by atomic mass is 9.98. The molecule has 1 heterocycles. The number of hydrogen-bond donors (Lipinski definition) is 0. The van der Waals surface area contributed by atoms with E-state index in [1.165, 1.54) is 37.0 Å². The van der Waals surface area contributed by atoms with Gasteiger partial charge in [-0.15, -0.1) is 5.54 Å². The maximum absolute atomic E-state index is 13.0. The van der Waals surface area contributed by atoms with E-state index in [1.807, 2.05) is 4.90 Å². The fourth-order valence-corrected chi connectivity index (χ4v) is 6.50. The Labute approximate surface area is 241 Å². The average Bonchev–Trinajstić information content (AvgIpc) is 3.22. The number of carbonyl (C=O) groups is 1. The molecule has 0 spiro atoms. The lowest BCUT2D eigenvalue weighted by Crippen LogP contribution is -2.48. The van der Waals surface area contributed by atoms with Gasteiger partial charge in [0, 0.05) is 47.8 Å². The Morgan fingerprint density at radius 2 is 1.58 bits per heavy atom. The van der Waals surface area contributed by atoms with Gasteiger partial charge in [-0.3, -0.25) is 4.90 Å². The van der Waals surface area contributed by atoms with Gasteiger partial charge < -0.3 is 9.64 Å². The largest absolute Gasteiger partial charge is 0.448 e. The van der Waals surface area contributed by atoms with Crippen LogP contribution in [0.5, 0.6) is 0 Å². The maximum Gasteiger partial charge on any atom is 0.409 e. The lowest BCUT2D eigenvalue weighted by molar-refractivity contribution is 0.0728. The summed E-state index contributed by atoms with van der Waals surface area (Å²) >= 11 is 2.40. The molecule has 4 nitrogen and oxygen atoms in total. The monoisotopic (exact) mass is 634 g/mol. The molecular formula is C32H35IN2O2Si. The first kappa shape index (κ1) is 27.0. The van der Waals surface area contributed by atoms with Gasteiger partial charge in [0.2, 0.25) is 0 Å². The summed E-state index contributed by atoms with van der Waals surface area (Å²) in [6, 6.07) is 21.4. The molecule has 1 fully saturated rings. The summed E-state index contributed by atoms with van der Waals surface area (Å²) in [7, 11) is -1.43. The minimum absolute atomic E-state index is 0.0920. The van der Waals surface area contributed by atoms with Crippen molar-refractivity contribution in [1.82, 2.24) is 9.80 Å². The van der Waals surface area contributed by atoms with Crippen LogP contribution in [0.25, 0.3) is 11.1 Å².